The lowest BCUT2D eigenvalue weighted by Gasteiger charge is -2.00. The van der Waals surface area contributed by atoms with Crippen molar-refractivity contribution in [3.05, 3.63) is 35.5 Å². The molecule has 0 aliphatic carbocycles. The van der Waals surface area contributed by atoms with Crippen molar-refractivity contribution in [2.24, 2.45) is 0 Å². The Morgan fingerprint density at radius 3 is 2.09 bits per heavy atom. The molecule has 0 atom stereocenters. The van der Waals surface area contributed by atoms with E-state index in [-0.39, 0.29) is 0 Å². The zero-order valence-electron chi connectivity index (χ0n) is 8.07. The Hall–Kier alpha value is -0.780. The number of hydrogen-bond acceptors (Lipinski definition) is 0. The van der Waals surface area contributed by atoms with E-state index in [1.54, 1.807) is 0 Å². The zero-order valence-corrected chi connectivity index (χ0v) is 8.07. The molecular formula is C11H18. The molecule has 0 heterocycles. The Morgan fingerprint density at radius 1 is 1.18 bits per heavy atom. The Morgan fingerprint density at radius 2 is 1.73 bits per heavy atom. The minimum Gasteiger partial charge on any atom is -0.0961 e. The van der Waals surface area contributed by atoms with Gasteiger partial charge in [-0.15, -0.1) is 0 Å². The number of hydrogen-bond donors (Lipinski definition) is 0. The minimum absolute atomic E-state index is 1.07. The van der Waals surface area contributed by atoms with Crippen molar-refractivity contribution >= 4 is 0 Å². The van der Waals surface area contributed by atoms with Gasteiger partial charge in [-0.25, -0.2) is 0 Å². The first-order valence-corrected chi connectivity index (χ1v) is 4.00. The predicted octanol–water partition coefficient (Wildman–Crippen LogP) is 3.87. The highest BCUT2D eigenvalue weighted by molar-refractivity contribution is 5.21. The SMILES string of the molecule is C=C(C)/C=C(\C)C/C(C)=C/C. The van der Waals surface area contributed by atoms with Crippen LogP contribution in [0, 0.1) is 0 Å². The molecule has 62 valence electrons. The van der Waals surface area contributed by atoms with E-state index in [4.69, 9.17) is 0 Å². The smallest absolute Gasteiger partial charge is 0.0111 e. The quantitative estimate of drug-likeness (QED) is 0.423. The second-order valence-electron chi connectivity index (χ2n) is 3.15. The van der Waals surface area contributed by atoms with E-state index in [9.17, 15) is 0 Å². The van der Waals surface area contributed by atoms with Crippen molar-refractivity contribution < 1.29 is 0 Å². The van der Waals surface area contributed by atoms with Crippen LogP contribution in [0.25, 0.3) is 0 Å². The molecule has 0 aromatic carbocycles. The van der Waals surface area contributed by atoms with Gasteiger partial charge in [0.1, 0.15) is 0 Å². The molecule has 0 saturated carbocycles. The highest BCUT2D eigenvalue weighted by atomic mass is 14.0. The average Bonchev–Trinajstić information content (AvgIpc) is 1.85. The maximum Gasteiger partial charge on any atom is -0.0111 e. The van der Waals surface area contributed by atoms with Crippen LogP contribution < -0.4 is 0 Å². The fraction of sp³-hybridized carbons (Fsp3) is 0.455. The third kappa shape index (κ3) is 5.65. The maximum absolute atomic E-state index is 3.83. The third-order valence-corrected chi connectivity index (χ3v) is 1.54. The van der Waals surface area contributed by atoms with Crippen LogP contribution in [-0.4, -0.2) is 0 Å². The van der Waals surface area contributed by atoms with Gasteiger partial charge in [-0.3, -0.25) is 0 Å². The summed E-state index contributed by atoms with van der Waals surface area (Å²) in [6.07, 6.45) is 5.35. The molecule has 0 aliphatic heterocycles. The van der Waals surface area contributed by atoms with Crippen molar-refractivity contribution in [1.29, 1.82) is 0 Å². The maximum atomic E-state index is 3.83. The number of rotatable bonds is 3. The molecule has 0 aromatic rings. The topological polar surface area (TPSA) is 0 Å². The summed E-state index contributed by atoms with van der Waals surface area (Å²) in [6.45, 7) is 12.2. The van der Waals surface area contributed by atoms with Gasteiger partial charge in [-0.1, -0.05) is 35.5 Å². The van der Waals surface area contributed by atoms with E-state index in [1.165, 1.54) is 11.1 Å². The number of allylic oxidation sites excluding steroid dienone is 5. The van der Waals surface area contributed by atoms with Crippen molar-refractivity contribution in [2.45, 2.75) is 34.1 Å². The standard InChI is InChI=1S/C11H18/c1-6-10(4)8-11(5)7-9(2)3/h6-7H,2,8H2,1,3-5H3/b10-6+,11-7+. The third-order valence-electron chi connectivity index (χ3n) is 1.54. The van der Waals surface area contributed by atoms with Gasteiger partial charge in [-0.2, -0.15) is 0 Å². The fourth-order valence-corrected chi connectivity index (χ4v) is 1.01. The molecule has 0 rings (SSSR count). The average molecular weight is 150 g/mol. The van der Waals surface area contributed by atoms with E-state index in [1.807, 2.05) is 6.92 Å². The van der Waals surface area contributed by atoms with Crippen LogP contribution in [0.3, 0.4) is 0 Å². The lowest BCUT2D eigenvalue weighted by molar-refractivity contribution is 1.10. The summed E-state index contributed by atoms with van der Waals surface area (Å²) < 4.78 is 0. The van der Waals surface area contributed by atoms with Crippen LogP contribution in [0.4, 0.5) is 0 Å². The Kier molecular flexibility index (Phi) is 4.60. The van der Waals surface area contributed by atoms with Crippen LogP contribution >= 0.6 is 0 Å². The molecule has 0 fully saturated rings. The van der Waals surface area contributed by atoms with Crippen molar-refractivity contribution in [1.82, 2.24) is 0 Å². The molecule has 0 aliphatic rings. The van der Waals surface area contributed by atoms with Crippen LogP contribution in [0.1, 0.15) is 34.1 Å². The van der Waals surface area contributed by atoms with Crippen LogP contribution in [0.15, 0.2) is 35.5 Å². The van der Waals surface area contributed by atoms with Crippen molar-refractivity contribution in [3.63, 3.8) is 0 Å². The lowest BCUT2D eigenvalue weighted by Crippen LogP contribution is -1.79. The molecule has 0 heteroatoms. The van der Waals surface area contributed by atoms with Crippen molar-refractivity contribution in [2.75, 3.05) is 0 Å². The van der Waals surface area contributed by atoms with Gasteiger partial charge in [0.25, 0.3) is 0 Å². The summed E-state index contributed by atoms with van der Waals surface area (Å²) in [6, 6.07) is 0. The van der Waals surface area contributed by atoms with Crippen LogP contribution in [-0.2, 0) is 0 Å². The first kappa shape index (κ1) is 10.2. The summed E-state index contributed by atoms with van der Waals surface area (Å²) in [5.74, 6) is 0. The molecule has 0 bridgehead atoms. The molecule has 11 heavy (non-hydrogen) atoms. The van der Waals surface area contributed by atoms with Gasteiger partial charge >= 0.3 is 0 Å². The Balaban J connectivity index is 4.07. The molecule has 0 N–H and O–H groups in total. The second kappa shape index (κ2) is 4.95. The van der Waals surface area contributed by atoms with Gasteiger partial charge < -0.3 is 0 Å². The molecule has 0 amide bonds. The second-order valence-corrected chi connectivity index (χ2v) is 3.15. The summed E-state index contributed by atoms with van der Waals surface area (Å²) >= 11 is 0. The van der Waals surface area contributed by atoms with Crippen molar-refractivity contribution in [3.8, 4) is 0 Å². The summed E-state index contributed by atoms with van der Waals surface area (Å²) in [7, 11) is 0. The summed E-state index contributed by atoms with van der Waals surface area (Å²) in [5.41, 5.74) is 3.93. The van der Waals surface area contributed by atoms with Crippen LogP contribution in [0.5, 0.6) is 0 Å². The Bertz CT molecular complexity index is 192. The van der Waals surface area contributed by atoms with E-state index >= 15 is 0 Å². The molecular weight excluding hydrogens is 132 g/mol. The first-order chi connectivity index (χ1) is 5.06. The molecule has 0 spiro atoms. The highest BCUT2D eigenvalue weighted by Crippen LogP contribution is 2.10. The van der Waals surface area contributed by atoms with E-state index in [0.29, 0.717) is 0 Å². The molecule has 0 nitrogen and oxygen atoms in total. The largest absolute Gasteiger partial charge is 0.0961 e. The van der Waals surface area contributed by atoms with E-state index < -0.39 is 0 Å². The zero-order chi connectivity index (χ0) is 8.85. The van der Waals surface area contributed by atoms with E-state index in [0.717, 1.165) is 12.0 Å². The van der Waals surface area contributed by atoms with Gasteiger partial charge in [-0.05, 0) is 34.1 Å². The van der Waals surface area contributed by atoms with Gasteiger partial charge in [0, 0.05) is 0 Å². The summed E-state index contributed by atoms with van der Waals surface area (Å²) in [5, 5.41) is 0. The van der Waals surface area contributed by atoms with Gasteiger partial charge in [0.15, 0.2) is 0 Å². The van der Waals surface area contributed by atoms with Gasteiger partial charge in [0.2, 0.25) is 0 Å². The minimum atomic E-state index is 1.07. The first-order valence-electron chi connectivity index (χ1n) is 4.00. The fourth-order valence-electron chi connectivity index (χ4n) is 1.01. The summed E-state index contributed by atoms with van der Waals surface area (Å²) in [4.78, 5) is 0. The molecule has 0 aromatic heterocycles. The van der Waals surface area contributed by atoms with Crippen LogP contribution in [0.2, 0.25) is 0 Å². The highest BCUT2D eigenvalue weighted by Gasteiger charge is 1.90. The Labute approximate surface area is 70.3 Å². The molecule has 0 radical (unpaired) electrons. The van der Waals surface area contributed by atoms with Gasteiger partial charge in [0.05, 0.1) is 0 Å². The molecule has 0 saturated heterocycles. The monoisotopic (exact) mass is 150 g/mol. The van der Waals surface area contributed by atoms with E-state index in [2.05, 4.69) is 39.5 Å². The predicted molar refractivity (Wildman–Crippen MR) is 52.6 cm³/mol. The normalized spacial score (nSPS) is 13.5. The lowest BCUT2D eigenvalue weighted by atomic mass is 10.1. The molecule has 0 unspecified atom stereocenters.